The number of carbonyl (C=O) groups excluding carboxylic acids is 2. The second-order valence-electron chi connectivity index (χ2n) is 5.73. The van der Waals surface area contributed by atoms with Gasteiger partial charge in [-0.25, -0.2) is 0 Å². The number of aryl methyl sites for hydroxylation is 3. The van der Waals surface area contributed by atoms with E-state index in [9.17, 15) is 9.59 Å². The number of anilines is 1. The first kappa shape index (κ1) is 14.5. The monoisotopic (exact) mass is 302 g/mol. The predicted octanol–water partition coefficient (Wildman–Crippen LogP) is 2.03. The zero-order valence-electron chi connectivity index (χ0n) is 13.1. The van der Waals surface area contributed by atoms with Crippen LogP contribution < -0.4 is 5.32 Å². The Kier molecular flexibility index (Phi) is 3.35. The molecule has 0 aromatic carbocycles. The molecule has 0 unspecified atom stereocenters. The lowest BCUT2D eigenvalue weighted by atomic mass is 10.1. The number of Topliss-reactive ketones (excluding diaryl/α,β-unsaturated/α-hetero) is 1. The zero-order valence-corrected chi connectivity index (χ0v) is 13.1. The molecule has 1 saturated carbocycles. The SMILES string of the molecule is Cc1noc(C2CC2)c1NC(=O)C(=O)c1c(C)nn(C)c1C. The van der Waals surface area contributed by atoms with Gasteiger partial charge in [-0.2, -0.15) is 5.10 Å². The van der Waals surface area contributed by atoms with Gasteiger partial charge in [0.15, 0.2) is 5.76 Å². The van der Waals surface area contributed by atoms with E-state index in [1.807, 2.05) is 0 Å². The van der Waals surface area contributed by atoms with Gasteiger partial charge in [0.25, 0.3) is 11.7 Å². The average Bonchev–Trinajstić information content (AvgIpc) is 3.19. The van der Waals surface area contributed by atoms with Crippen molar-refractivity contribution in [3.05, 3.63) is 28.4 Å². The summed E-state index contributed by atoms with van der Waals surface area (Å²) < 4.78 is 6.86. The molecule has 0 atom stereocenters. The van der Waals surface area contributed by atoms with Gasteiger partial charge in [0.1, 0.15) is 11.4 Å². The molecule has 2 aromatic heterocycles. The molecule has 0 spiro atoms. The van der Waals surface area contributed by atoms with Crippen molar-refractivity contribution in [3.63, 3.8) is 0 Å². The maximum atomic E-state index is 12.4. The van der Waals surface area contributed by atoms with E-state index in [-0.39, 0.29) is 0 Å². The Morgan fingerprint density at radius 1 is 1.23 bits per heavy atom. The number of ketones is 1. The first-order valence-electron chi connectivity index (χ1n) is 7.22. The van der Waals surface area contributed by atoms with Gasteiger partial charge in [-0.05, 0) is 33.6 Å². The van der Waals surface area contributed by atoms with Crippen LogP contribution >= 0.6 is 0 Å². The van der Waals surface area contributed by atoms with Gasteiger partial charge >= 0.3 is 0 Å². The van der Waals surface area contributed by atoms with Crippen molar-refractivity contribution in [3.8, 4) is 0 Å². The van der Waals surface area contributed by atoms with Gasteiger partial charge in [-0.1, -0.05) is 5.16 Å². The molecule has 7 nitrogen and oxygen atoms in total. The molecule has 1 amide bonds. The summed E-state index contributed by atoms with van der Waals surface area (Å²) in [7, 11) is 1.74. The number of hydrogen-bond donors (Lipinski definition) is 1. The van der Waals surface area contributed by atoms with Crippen molar-refractivity contribution in [2.45, 2.75) is 39.5 Å². The molecule has 1 fully saturated rings. The van der Waals surface area contributed by atoms with E-state index >= 15 is 0 Å². The van der Waals surface area contributed by atoms with Crippen LogP contribution in [0.2, 0.25) is 0 Å². The lowest BCUT2D eigenvalue weighted by molar-refractivity contribution is -0.112. The Balaban J connectivity index is 1.86. The first-order chi connectivity index (χ1) is 10.4. The summed E-state index contributed by atoms with van der Waals surface area (Å²) in [6.45, 7) is 5.23. The Hall–Kier alpha value is -2.44. The maximum Gasteiger partial charge on any atom is 0.297 e. The highest BCUT2D eigenvalue weighted by molar-refractivity contribution is 6.47. The fourth-order valence-electron chi connectivity index (χ4n) is 2.55. The summed E-state index contributed by atoms with van der Waals surface area (Å²) in [6, 6.07) is 0. The van der Waals surface area contributed by atoms with Gasteiger partial charge in [0, 0.05) is 18.7 Å². The van der Waals surface area contributed by atoms with Crippen molar-refractivity contribution in [2.24, 2.45) is 7.05 Å². The molecule has 1 aliphatic rings. The molecule has 2 heterocycles. The quantitative estimate of drug-likeness (QED) is 0.689. The second kappa shape index (κ2) is 5.08. The zero-order chi connectivity index (χ0) is 16.0. The minimum absolute atomic E-state index is 0.300. The maximum absolute atomic E-state index is 12.4. The van der Waals surface area contributed by atoms with Crippen LogP contribution in [0.4, 0.5) is 5.69 Å². The number of aromatic nitrogens is 3. The third-order valence-corrected chi connectivity index (χ3v) is 4.02. The summed E-state index contributed by atoms with van der Waals surface area (Å²) >= 11 is 0. The minimum Gasteiger partial charge on any atom is -0.359 e. The van der Waals surface area contributed by atoms with Crippen molar-refractivity contribution in [2.75, 3.05) is 5.32 Å². The third-order valence-electron chi connectivity index (χ3n) is 4.02. The molecule has 0 saturated heterocycles. The van der Waals surface area contributed by atoms with Gasteiger partial charge < -0.3 is 9.84 Å². The van der Waals surface area contributed by atoms with E-state index in [0.717, 1.165) is 12.8 Å². The Morgan fingerprint density at radius 3 is 2.45 bits per heavy atom. The van der Waals surface area contributed by atoms with E-state index in [4.69, 9.17) is 4.52 Å². The molecule has 116 valence electrons. The minimum atomic E-state index is -0.688. The lowest BCUT2D eigenvalue weighted by Crippen LogP contribution is -2.24. The number of hydrogen-bond acceptors (Lipinski definition) is 5. The number of rotatable bonds is 4. The molecular weight excluding hydrogens is 284 g/mol. The van der Waals surface area contributed by atoms with Crippen molar-refractivity contribution in [1.82, 2.24) is 14.9 Å². The topological polar surface area (TPSA) is 90.0 Å². The fourth-order valence-corrected chi connectivity index (χ4v) is 2.55. The van der Waals surface area contributed by atoms with E-state index in [1.54, 1.807) is 32.5 Å². The van der Waals surface area contributed by atoms with E-state index in [2.05, 4.69) is 15.6 Å². The van der Waals surface area contributed by atoms with E-state index < -0.39 is 11.7 Å². The molecule has 1 N–H and O–H groups in total. The molecule has 1 aliphatic carbocycles. The number of carbonyl (C=O) groups is 2. The Bertz CT molecular complexity index is 768. The van der Waals surface area contributed by atoms with Gasteiger partial charge in [0.2, 0.25) is 0 Å². The number of amides is 1. The van der Waals surface area contributed by atoms with Gasteiger partial charge in [-0.15, -0.1) is 0 Å². The largest absolute Gasteiger partial charge is 0.359 e. The first-order valence-corrected chi connectivity index (χ1v) is 7.22. The summed E-state index contributed by atoms with van der Waals surface area (Å²) in [5.41, 5.74) is 2.68. The highest BCUT2D eigenvalue weighted by Crippen LogP contribution is 2.44. The van der Waals surface area contributed by atoms with Gasteiger partial charge in [-0.3, -0.25) is 14.3 Å². The summed E-state index contributed by atoms with van der Waals surface area (Å²) in [6.07, 6.45) is 2.04. The van der Waals surface area contributed by atoms with Crippen LogP contribution in [-0.2, 0) is 11.8 Å². The van der Waals surface area contributed by atoms with Gasteiger partial charge in [0.05, 0.1) is 11.3 Å². The van der Waals surface area contributed by atoms with Crippen molar-refractivity contribution in [1.29, 1.82) is 0 Å². The standard InChI is InChI=1S/C15H18N4O3/c1-7-11(9(3)19(4)17-7)13(20)15(21)16-12-8(2)18-22-14(12)10-5-6-10/h10H,5-6H2,1-4H3,(H,16,21). The second-order valence-corrected chi connectivity index (χ2v) is 5.73. The summed E-state index contributed by atoms with van der Waals surface area (Å²) in [4.78, 5) is 24.7. The van der Waals surface area contributed by atoms with Crippen molar-refractivity contribution < 1.29 is 14.1 Å². The van der Waals surface area contributed by atoms with Crippen LogP contribution in [0, 0.1) is 20.8 Å². The summed E-state index contributed by atoms with van der Waals surface area (Å²) in [5, 5.41) is 10.7. The molecule has 2 aromatic rings. The highest BCUT2D eigenvalue weighted by atomic mass is 16.5. The molecule has 0 radical (unpaired) electrons. The molecule has 0 aliphatic heterocycles. The van der Waals surface area contributed by atoms with Crippen LogP contribution in [0.5, 0.6) is 0 Å². The normalized spacial score (nSPS) is 14.2. The van der Waals surface area contributed by atoms with Crippen molar-refractivity contribution >= 4 is 17.4 Å². The number of nitrogens with zero attached hydrogens (tertiary/aromatic N) is 3. The van der Waals surface area contributed by atoms with E-state index in [1.165, 1.54) is 0 Å². The lowest BCUT2D eigenvalue weighted by Gasteiger charge is -2.05. The molecule has 0 bridgehead atoms. The van der Waals surface area contributed by atoms with Crippen LogP contribution in [0.25, 0.3) is 0 Å². The Labute approximate surface area is 127 Å². The number of nitrogens with one attached hydrogen (secondary N) is 1. The van der Waals surface area contributed by atoms with Crippen LogP contribution in [0.15, 0.2) is 4.52 Å². The van der Waals surface area contributed by atoms with Crippen LogP contribution in [0.3, 0.4) is 0 Å². The Morgan fingerprint density at radius 2 is 1.91 bits per heavy atom. The smallest absolute Gasteiger partial charge is 0.297 e. The average molecular weight is 302 g/mol. The fraction of sp³-hybridized carbons (Fsp3) is 0.467. The molecule has 22 heavy (non-hydrogen) atoms. The molecular formula is C15H18N4O3. The van der Waals surface area contributed by atoms with Crippen LogP contribution in [-0.4, -0.2) is 26.6 Å². The highest BCUT2D eigenvalue weighted by Gasteiger charge is 2.33. The third kappa shape index (κ3) is 2.32. The van der Waals surface area contributed by atoms with Crippen LogP contribution in [0.1, 0.15) is 52.0 Å². The molecule has 3 rings (SSSR count). The van der Waals surface area contributed by atoms with E-state index in [0.29, 0.717) is 40.0 Å². The predicted molar refractivity (Wildman–Crippen MR) is 78.9 cm³/mol. The molecule has 7 heteroatoms. The summed E-state index contributed by atoms with van der Waals surface area (Å²) in [5.74, 6) is -0.315.